The van der Waals surface area contributed by atoms with E-state index in [-0.39, 0.29) is 5.41 Å². The SMILES string of the molecule is NCC1(Cc2ccc(Cl)cc2Cl)CCc2ccccc2C1. The van der Waals surface area contributed by atoms with Crippen molar-refractivity contribution >= 4 is 23.2 Å². The number of rotatable bonds is 3. The molecule has 1 aliphatic carbocycles. The molecule has 0 fully saturated rings. The lowest BCUT2D eigenvalue weighted by Gasteiger charge is -2.38. The number of benzene rings is 2. The van der Waals surface area contributed by atoms with E-state index >= 15 is 0 Å². The van der Waals surface area contributed by atoms with Crippen LogP contribution in [0, 0.1) is 5.41 Å². The highest BCUT2D eigenvalue weighted by molar-refractivity contribution is 6.35. The molecule has 1 aliphatic rings. The van der Waals surface area contributed by atoms with Crippen molar-refractivity contribution in [2.24, 2.45) is 11.1 Å². The first-order valence-corrected chi connectivity index (χ1v) is 8.08. The Kier molecular flexibility index (Phi) is 4.26. The van der Waals surface area contributed by atoms with Gasteiger partial charge in [-0.25, -0.2) is 0 Å². The van der Waals surface area contributed by atoms with Gasteiger partial charge >= 0.3 is 0 Å². The minimum atomic E-state index is 0.103. The highest BCUT2D eigenvalue weighted by atomic mass is 35.5. The first-order chi connectivity index (χ1) is 10.1. The molecule has 0 bridgehead atoms. The zero-order valence-electron chi connectivity index (χ0n) is 11.9. The third kappa shape index (κ3) is 3.11. The minimum Gasteiger partial charge on any atom is -0.330 e. The lowest BCUT2D eigenvalue weighted by Crippen LogP contribution is -2.38. The summed E-state index contributed by atoms with van der Waals surface area (Å²) in [5.74, 6) is 0. The Morgan fingerprint density at radius 1 is 1.05 bits per heavy atom. The molecule has 0 saturated carbocycles. The van der Waals surface area contributed by atoms with E-state index in [2.05, 4.69) is 24.3 Å². The molecule has 0 amide bonds. The summed E-state index contributed by atoms with van der Waals surface area (Å²) in [4.78, 5) is 0. The van der Waals surface area contributed by atoms with Crippen molar-refractivity contribution in [3.8, 4) is 0 Å². The van der Waals surface area contributed by atoms with E-state index in [1.807, 2.05) is 18.2 Å². The molecule has 0 radical (unpaired) electrons. The topological polar surface area (TPSA) is 26.0 Å². The highest BCUT2D eigenvalue weighted by Gasteiger charge is 2.33. The summed E-state index contributed by atoms with van der Waals surface area (Å²) in [6, 6.07) is 14.4. The van der Waals surface area contributed by atoms with Crippen LogP contribution in [-0.2, 0) is 19.3 Å². The predicted molar refractivity (Wildman–Crippen MR) is 90.1 cm³/mol. The second kappa shape index (κ2) is 6.00. The summed E-state index contributed by atoms with van der Waals surface area (Å²) in [5.41, 5.74) is 10.3. The van der Waals surface area contributed by atoms with E-state index in [1.54, 1.807) is 0 Å². The zero-order chi connectivity index (χ0) is 14.9. The second-order valence-corrected chi connectivity index (χ2v) is 6.91. The molecule has 0 saturated heterocycles. The molecule has 0 spiro atoms. The van der Waals surface area contributed by atoms with Gasteiger partial charge in [-0.2, -0.15) is 0 Å². The van der Waals surface area contributed by atoms with Gasteiger partial charge in [0.25, 0.3) is 0 Å². The fourth-order valence-electron chi connectivity index (χ4n) is 3.33. The molecule has 2 N–H and O–H groups in total. The van der Waals surface area contributed by atoms with Crippen molar-refractivity contribution in [2.45, 2.75) is 25.7 Å². The van der Waals surface area contributed by atoms with Crippen LogP contribution in [-0.4, -0.2) is 6.54 Å². The maximum absolute atomic E-state index is 6.34. The maximum atomic E-state index is 6.34. The van der Waals surface area contributed by atoms with Crippen LogP contribution < -0.4 is 5.73 Å². The summed E-state index contributed by atoms with van der Waals surface area (Å²) in [5, 5.41) is 1.42. The van der Waals surface area contributed by atoms with Crippen LogP contribution in [0.1, 0.15) is 23.1 Å². The molecule has 21 heavy (non-hydrogen) atoms. The van der Waals surface area contributed by atoms with Crippen molar-refractivity contribution < 1.29 is 0 Å². The zero-order valence-corrected chi connectivity index (χ0v) is 13.4. The molecule has 1 unspecified atom stereocenters. The molecular weight excluding hydrogens is 301 g/mol. The Hall–Kier alpha value is -1.02. The van der Waals surface area contributed by atoms with Crippen LogP contribution in [0.15, 0.2) is 42.5 Å². The van der Waals surface area contributed by atoms with E-state index in [0.29, 0.717) is 11.6 Å². The fraction of sp³-hybridized carbons (Fsp3) is 0.333. The van der Waals surface area contributed by atoms with Gasteiger partial charge < -0.3 is 5.73 Å². The summed E-state index contributed by atoms with van der Waals surface area (Å²) in [6.45, 7) is 0.681. The number of hydrogen-bond acceptors (Lipinski definition) is 1. The molecule has 2 aromatic rings. The Bertz CT molecular complexity index is 653. The molecule has 0 heterocycles. The van der Waals surface area contributed by atoms with Gasteiger partial charge in [0.2, 0.25) is 0 Å². The van der Waals surface area contributed by atoms with E-state index in [9.17, 15) is 0 Å². The molecule has 1 atom stereocenters. The van der Waals surface area contributed by atoms with Crippen LogP contribution in [0.4, 0.5) is 0 Å². The quantitative estimate of drug-likeness (QED) is 0.874. The maximum Gasteiger partial charge on any atom is 0.0453 e. The van der Waals surface area contributed by atoms with E-state index in [4.69, 9.17) is 28.9 Å². The Balaban J connectivity index is 1.88. The largest absolute Gasteiger partial charge is 0.330 e. The van der Waals surface area contributed by atoms with Crippen LogP contribution >= 0.6 is 23.2 Å². The van der Waals surface area contributed by atoms with Crippen molar-refractivity contribution in [3.05, 3.63) is 69.2 Å². The Labute approximate surface area is 136 Å². The fourth-order valence-corrected chi connectivity index (χ4v) is 3.81. The third-order valence-electron chi connectivity index (χ3n) is 4.62. The van der Waals surface area contributed by atoms with Gasteiger partial charge in [0.15, 0.2) is 0 Å². The average molecular weight is 320 g/mol. The molecule has 3 rings (SSSR count). The summed E-state index contributed by atoms with van der Waals surface area (Å²) >= 11 is 12.3. The summed E-state index contributed by atoms with van der Waals surface area (Å²) in [6.07, 6.45) is 4.14. The molecule has 1 nitrogen and oxygen atoms in total. The molecule has 0 aromatic heterocycles. The highest BCUT2D eigenvalue weighted by Crippen LogP contribution is 2.39. The minimum absolute atomic E-state index is 0.103. The number of nitrogens with two attached hydrogens (primary N) is 1. The number of hydrogen-bond donors (Lipinski definition) is 1. The van der Waals surface area contributed by atoms with Gasteiger partial charge in [0.1, 0.15) is 0 Å². The molecule has 2 aromatic carbocycles. The van der Waals surface area contributed by atoms with Gasteiger partial charge in [-0.15, -0.1) is 0 Å². The van der Waals surface area contributed by atoms with Crippen LogP contribution in [0.5, 0.6) is 0 Å². The number of halogens is 2. The van der Waals surface area contributed by atoms with Gasteiger partial charge in [0, 0.05) is 10.0 Å². The lowest BCUT2D eigenvalue weighted by atomic mass is 9.68. The standard InChI is InChI=1S/C18H19Cl2N/c19-16-6-5-15(17(20)9-16)11-18(12-21)8-7-13-3-1-2-4-14(13)10-18/h1-6,9H,7-8,10-12,21H2. The van der Waals surface area contributed by atoms with Gasteiger partial charge in [0.05, 0.1) is 0 Å². The molecule has 0 aliphatic heterocycles. The van der Waals surface area contributed by atoms with Crippen molar-refractivity contribution in [3.63, 3.8) is 0 Å². The van der Waals surface area contributed by atoms with Gasteiger partial charge in [-0.05, 0) is 66.5 Å². The van der Waals surface area contributed by atoms with Crippen molar-refractivity contribution in [1.82, 2.24) is 0 Å². The van der Waals surface area contributed by atoms with Gasteiger partial charge in [-0.3, -0.25) is 0 Å². The first-order valence-electron chi connectivity index (χ1n) is 7.33. The Morgan fingerprint density at radius 3 is 2.52 bits per heavy atom. The normalized spacial score (nSPS) is 21.1. The van der Waals surface area contributed by atoms with Crippen molar-refractivity contribution in [1.29, 1.82) is 0 Å². The van der Waals surface area contributed by atoms with E-state index in [1.165, 1.54) is 11.1 Å². The van der Waals surface area contributed by atoms with E-state index in [0.717, 1.165) is 36.3 Å². The van der Waals surface area contributed by atoms with Crippen LogP contribution in [0.25, 0.3) is 0 Å². The Morgan fingerprint density at radius 2 is 1.81 bits per heavy atom. The van der Waals surface area contributed by atoms with Crippen LogP contribution in [0.2, 0.25) is 10.0 Å². The molecule has 3 heteroatoms. The number of fused-ring (bicyclic) bond motifs is 1. The predicted octanol–water partition coefficient (Wildman–Crippen LogP) is 4.67. The lowest BCUT2D eigenvalue weighted by molar-refractivity contribution is 0.254. The van der Waals surface area contributed by atoms with Gasteiger partial charge in [-0.1, -0.05) is 53.5 Å². The smallest absolute Gasteiger partial charge is 0.0453 e. The summed E-state index contributed by atoms with van der Waals surface area (Å²) in [7, 11) is 0. The monoisotopic (exact) mass is 319 g/mol. The third-order valence-corrected chi connectivity index (χ3v) is 5.21. The molecular formula is C18H19Cl2N. The molecule has 110 valence electrons. The summed E-state index contributed by atoms with van der Waals surface area (Å²) < 4.78 is 0. The van der Waals surface area contributed by atoms with E-state index < -0.39 is 0 Å². The van der Waals surface area contributed by atoms with Crippen LogP contribution in [0.3, 0.4) is 0 Å². The average Bonchev–Trinajstić information content (AvgIpc) is 2.50. The van der Waals surface area contributed by atoms with Crippen molar-refractivity contribution in [2.75, 3.05) is 6.54 Å². The first kappa shape index (κ1) is 14.9. The second-order valence-electron chi connectivity index (χ2n) is 6.06. The number of aryl methyl sites for hydroxylation is 1.